The number of rotatable bonds is 3. The van der Waals surface area contributed by atoms with Crippen LogP contribution in [0.3, 0.4) is 0 Å². The predicted molar refractivity (Wildman–Crippen MR) is 101 cm³/mol. The SMILES string of the molecule is N#Cc1ccccc1CN1C(=O)S/C(=C/c2cc(Cl)cc(Cl)c2O)C1=O. The monoisotopic (exact) mass is 404 g/mol. The molecule has 1 aliphatic heterocycles. The third kappa shape index (κ3) is 3.56. The van der Waals surface area contributed by atoms with Crippen LogP contribution in [0, 0.1) is 11.3 Å². The van der Waals surface area contributed by atoms with E-state index in [1.54, 1.807) is 24.3 Å². The Kier molecular flexibility index (Phi) is 5.23. The van der Waals surface area contributed by atoms with Crippen molar-refractivity contribution in [2.45, 2.75) is 6.54 Å². The highest BCUT2D eigenvalue weighted by Crippen LogP contribution is 2.37. The van der Waals surface area contributed by atoms with Crippen molar-refractivity contribution in [3.63, 3.8) is 0 Å². The fraction of sp³-hybridized carbons (Fsp3) is 0.0556. The predicted octanol–water partition coefficient (Wildman–Crippen LogP) is 4.81. The van der Waals surface area contributed by atoms with Crippen molar-refractivity contribution in [1.82, 2.24) is 4.90 Å². The molecule has 130 valence electrons. The van der Waals surface area contributed by atoms with Gasteiger partial charge in [0.05, 0.1) is 28.1 Å². The highest BCUT2D eigenvalue weighted by atomic mass is 35.5. The molecule has 2 aromatic carbocycles. The average molecular weight is 405 g/mol. The number of imide groups is 1. The maximum Gasteiger partial charge on any atom is 0.293 e. The molecular weight excluding hydrogens is 395 g/mol. The number of benzene rings is 2. The van der Waals surface area contributed by atoms with Crippen molar-refractivity contribution in [3.8, 4) is 11.8 Å². The molecule has 3 rings (SSSR count). The van der Waals surface area contributed by atoms with Crippen molar-refractivity contribution in [2.75, 3.05) is 0 Å². The zero-order chi connectivity index (χ0) is 18.8. The molecule has 1 fully saturated rings. The lowest BCUT2D eigenvalue weighted by Crippen LogP contribution is -2.27. The van der Waals surface area contributed by atoms with E-state index >= 15 is 0 Å². The largest absolute Gasteiger partial charge is 0.506 e. The van der Waals surface area contributed by atoms with Crippen LogP contribution in [-0.4, -0.2) is 21.2 Å². The second-order valence-electron chi connectivity index (χ2n) is 5.36. The molecule has 1 heterocycles. The number of amides is 2. The van der Waals surface area contributed by atoms with E-state index in [1.165, 1.54) is 18.2 Å². The maximum absolute atomic E-state index is 12.6. The van der Waals surface area contributed by atoms with Crippen LogP contribution in [0.2, 0.25) is 10.0 Å². The zero-order valence-corrected chi connectivity index (χ0v) is 15.4. The summed E-state index contributed by atoms with van der Waals surface area (Å²) in [7, 11) is 0. The molecule has 5 nitrogen and oxygen atoms in total. The molecule has 0 aromatic heterocycles. The smallest absolute Gasteiger partial charge is 0.293 e. The second-order valence-corrected chi connectivity index (χ2v) is 7.20. The number of halogens is 2. The molecule has 1 N–H and O–H groups in total. The molecule has 26 heavy (non-hydrogen) atoms. The minimum Gasteiger partial charge on any atom is -0.506 e. The van der Waals surface area contributed by atoms with E-state index in [0.29, 0.717) is 16.1 Å². The number of carbonyl (C=O) groups excluding carboxylic acids is 2. The summed E-state index contributed by atoms with van der Waals surface area (Å²) in [6.07, 6.45) is 1.37. The van der Waals surface area contributed by atoms with E-state index in [-0.39, 0.29) is 27.8 Å². The number of phenols is 1. The van der Waals surface area contributed by atoms with Crippen LogP contribution in [0.1, 0.15) is 16.7 Å². The molecule has 0 saturated carbocycles. The third-order valence-corrected chi connectivity index (χ3v) is 5.10. The van der Waals surface area contributed by atoms with Gasteiger partial charge < -0.3 is 5.11 Å². The zero-order valence-electron chi connectivity index (χ0n) is 13.1. The number of aromatic hydroxyl groups is 1. The van der Waals surface area contributed by atoms with Crippen LogP contribution >= 0.6 is 35.0 Å². The lowest BCUT2D eigenvalue weighted by Gasteiger charge is -2.13. The Morgan fingerprint density at radius 1 is 1.23 bits per heavy atom. The van der Waals surface area contributed by atoms with Crippen LogP contribution in [0.5, 0.6) is 5.75 Å². The number of phenolic OH excluding ortho intramolecular Hbond substituents is 1. The van der Waals surface area contributed by atoms with Crippen molar-refractivity contribution in [2.24, 2.45) is 0 Å². The molecule has 0 bridgehead atoms. The van der Waals surface area contributed by atoms with Gasteiger partial charge in [0.2, 0.25) is 0 Å². The molecular formula is C18H10Cl2N2O3S. The molecule has 1 aliphatic rings. The number of hydrogen-bond donors (Lipinski definition) is 1. The summed E-state index contributed by atoms with van der Waals surface area (Å²) in [6, 6.07) is 11.6. The second kappa shape index (κ2) is 7.42. The standard InChI is InChI=1S/C18H10Cl2N2O3S/c19-13-5-12(16(23)14(20)7-13)6-15-17(24)22(18(25)26-15)9-11-4-2-1-3-10(11)8-21/h1-7,23H,9H2/b15-6+. The summed E-state index contributed by atoms with van der Waals surface area (Å²) in [5.74, 6) is -0.735. The van der Waals surface area contributed by atoms with Crippen LogP contribution in [0.25, 0.3) is 6.08 Å². The fourth-order valence-corrected chi connectivity index (χ4v) is 3.75. The van der Waals surface area contributed by atoms with Gasteiger partial charge in [-0.25, -0.2) is 0 Å². The summed E-state index contributed by atoms with van der Waals surface area (Å²) >= 11 is 12.5. The summed E-state index contributed by atoms with van der Waals surface area (Å²) in [6.45, 7) is -0.00593. The number of thioether (sulfide) groups is 1. The highest BCUT2D eigenvalue weighted by Gasteiger charge is 2.35. The van der Waals surface area contributed by atoms with Gasteiger partial charge in [-0.15, -0.1) is 0 Å². The van der Waals surface area contributed by atoms with Gasteiger partial charge in [-0.3, -0.25) is 14.5 Å². The van der Waals surface area contributed by atoms with Crippen LogP contribution in [0.4, 0.5) is 4.79 Å². The van der Waals surface area contributed by atoms with Crippen LogP contribution < -0.4 is 0 Å². The number of carbonyl (C=O) groups is 2. The third-order valence-electron chi connectivity index (χ3n) is 3.68. The Morgan fingerprint density at radius 2 is 1.96 bits per heavy atom. The Labute approximate surface area is 163 Å². The van der Waals surface area contributed by atoms with E-state index in [1.807, 2.05) is 6.07 Å². The Bertz CT molecular complexity index is 998. The van der Waals surface area contributed by atoms with Crippen molar-refractivity contribution < 1.29 is 14.7 Å². The average Bonchev–Trinajstić information content (AvgIpc) is 2.87. The maximum atomic E-state index is 12.6. The lowest BCUT2D eigenvalue weighted by atomic mass is 10.1. The molecule has 0 aliphatic carbocycles. The molecule has 0 radical (unpaired) electrons. The molecule has 0 unspecified atom stereocenters. The summed E-state index contributed by atoms with van der Waals surface area (Å²) in [5, 5.41) is 19.0. The van der Waals surface area contributed by atoms with Crippen molar-refractivity contribution in [1.29, 1.82) is 5.26 Å². The summed E-state index contributed by atoms with van der Waals surface area (Å²) < 4.78 is 0. The van der Waals surface area contributed by atoms with Crippen LogP contribution in [0.15, 0.2) is 41.3 Å². The lowest BCUT2D eigenvalue weighted by molar-refractivity contribution is -0.123. The van der Waals surface area contributed by atoms with Crippen molar-refractivity contribution >= 4 is 52.2 Å². The molecule has 8 heteroatoms. The van der Waals surface area contributed by atoms with Gasteiger partial charge in [-0.05, 0) is 41.6 Å². The van der Waals surface area contributed by atoms with Crippen molar-refractivity contribution in [3.05, 3.63) is 68.0 Å². The van der Waals surface area contributed by atoms with Gasteiger partial charge in [0.25, 0.3) is 11.1 Å². The number of nitrogens with zero attached hydrogens (tertiary/aromatic N) is 2. The Hall–Kier alpha value is -2.46. The molecule has 1 saturated heterocycles. The molecule has 0 atom stereocenters. The van der Waals surface area contributed by atoms with E-state index in [9.17, 15) is 14.7 Å². The first kappa shape index (κ1) is 18.3. The Morgan fingerprint density at radius 3 is 2.69 bits per heavy atom. The van der Waals surface area contributed by atoms with E-state index in [2.05, 4.69) is 0 Å². The quantitative estimate of drug-likeness (QED) is 0.742. The normalized spacial score (nSPS) is 15.6. The van der Waals surface area contributed by atoms with Gasteiger partial charge in [0.1, 0.15) is 5.75 Å². The fourth-order valence-electron chi connectivity index (χ4n) is 2.41. The first-order chi connectivity index (χ1) is 12.4. The van der Waals surface area contributed by atoms with Gasteiger partial charge in [-0.1, -0.05) is 41.4 Å². The van der Waals surface area contributed by atoms with E-state index < -0.39 is 11.1 Å². The number of hydrogen-bond acceptors (Lipinski definition) is 5. The van der Waals surface area contributed by atoms with Gasteiger partial charge in [0, 0.05) is 10.6 Å². The number of nitriles is 1. The summed E-state index contributed by atoms with van der Waals surface area (Å²) in [5.41, 5.74) is 1.22. The summed E-state index contributed by atoms with van der Waals surface area (Å²) in [4.78, 5) is 26.0. The molecule has 2 amide bonds. The first-order valence-electron chi connectivity index (χ1n) is 7.32. The molecule has 2 aromatic rings. The van der Waals surface area contributed by atoms with E-state index in [0.717, 1.165) is 16.7 Å². The minimum atomic E-state index is -0.511. The van der Waals surface area contributed by atoms with Crippen LogP contribution in [-0.2, 0) is 11.3 Å². The minimum absolute atomic E-state index is 0.00593. The Balaban J connectivity index is 1.91. The van der Waals surface area contributed by atoms with Gasteiger partial charge >= 0.3 is 0 Å². The topological polar surface area (TPSA) is 81.4 Å². The molecule has 0 spiro atoms. The first-order valence-corrected chi connectivity index (χ1v) is 8.89. The van der Waals surface area contributed by atoms with E-state index in [4.69, 9.17) is 28.5 Å². The van der Waals surface area contributed by atoms with Gasteiger partial charge in [-0.2, -0.15) is 5.26 Å². The highest BCUT2D eigenvalue weighted by molar-refractivity contribution is 8.18. The van der Waals surface area contributed by atoms with Gasteiger partial charge in [0.15, 0.2) is 0 Å².